The van der Waals surface area contributed by atoms with Gasteiger partial charge in [0.05, 0.1) is 6.04 Å². The predicted molar refractivity (Wildman–Crippen MR) is 68.2 cm³/mol. The molecule has 6 heteroatoms. The number of nitrogens with one attached hydrogen (secondary N) is 1. The Morgan fingerprint density at radius 2 is 2.05 bits per heavy atom. The maximum Gasteiger partial charge on any atom is 0.443 e. The van der Waals surface area contributed by atoms with Crippen LogP contribution in [0.3, 0.4) is 0 Å². The molecule has 1 N–H and O–H groups in total. The van der Waals surface area contributed by atoms with Gasteiger partial charge in [0.1, 0.15) is 0 Å². The molecule has 100 valence electrons. The van der Waals surface area contributed by atoms with Crippen LogP contribution in [0.15, 0.2) is 30.5 Å². The van der Waals surface area contributed by atoms with Crippen molar-refractivity contribution >= 4 is 17.0 Å². The van der Waals surface area contributed by atoms with E-state index in [-0.39, 0.29) is 6.04 Å². The number of alkyl halides is 3. The van der Waals surface area contributed by atoms with E-state index in [9.17, 15) is 13.2 Å². The zero-order valence-corrected chi connectivity index (χ0v) is 10.7. The highest BCUT2D eigenvalue weighted by Gasteiger charge is 2.35. The summed E-state index contributed by atoms with van der Waals surface area (Å²) in [5.41, 5.74) is 2.21. The number of anilines is 1. The Labute approximate surface area is 112 Å². The minimum absolute atomic E-state index is 0.0801. The van der Waals surface area contributed by atoms with Crippen molar-refractivity contribution < 1.29 is 13.2 Å². The molecule has 1 aliphatic heterocycles. The fourth-order valence-corrected chi connectivity index (χ4v) is 3.10. The minimum atomic E-state index is -4.35. The van der Waals surface area contributed by atoms with E-state index >= 15 is 0 Å². The number of aryl methyl sites for hydroxylation is 1. The van der Waals surface area contributed by atoms with E-state index in [0.29, 0.717) is 4.88 Å². The fourth-order valence-electron chi connectivity index (χ4n) is 2.23. The van der Waals surface area contributed by atoms with Crippen LogP contribution in [0.25, 0.3) is 0 Å². The first-order valence-electron chi connectivity index (χ1n) is 5.91. The number of para-hydroxylation sites is 1. The number of aromatic nitrogens is 1. The fraction of sp³-hybridized carbons (Fsp3) is 0.308. The molecule has 0 aliphatic carbocycles. The van der Waals surface area contributed by atoms with Crippen LogP contribution in [0.1, 0.15) is 27.9 Å². The van der Waals surface area contributed by atoms with Crippen LogP contribution in [-0.2, 0) is 12.6 Å². The molecule has 1 atom stereocenters. The number of benzene rings is 1. The van der Waals surface area contributed by atoms with Crippen LogP contribution in [0.4, 0.5) is 18.9 Å². The van der Waals surface area contributed by atoms with Crippen molar-refractivity contribution in [1.29, 1.82) is 0 Å². The molecule has 0 radical (unpaired) electrons. The molecule has 0 fully saturated rings. The van der Waals surface area contributed by atoms with E-state index in [1.54, 1.807) is 0 Å². The molecule has 0 spiro atoms. The number of fused-ring (bicyclic) bond motifs is 1. The second kappa shape index (κ2) is 4.52. The Bertz CT molecular complexity index is 592. The predicted octanol–water partition coefficient (Wildman–Crippen LogP) is 4.26. The number of nitrogens with zero attached hydrogens (tertiary/aromatic N) is 1. The maximum atomic E-state index is 12.5. The Balaban J connectivity index is 1.83. The monoisotopic (exact) mass is 284 g/mol. The van der Waals surface area contributed by atoms with Crippen LogP contribution < -0.4 is 5.32 Å². The second-order valence-electron chi connectivity index (χ2n) is 4.46. The SMILES string of the molecule is FC(F)(F)c1ncc(C2CCc3ccccc3N2)s1. The summed E-state index contributed by atoms with van der Waals surface area (Å²) in [4.78, 5) is 4.11. The van der Waals surface area contributed by atoms with Gasteiger partial charge in [-0.1, -0.05) is 18.2 Å². The van der Waals surface area contributed by atoms with Gasteiger partial charge in [-0.25, -0.2) is 4.98 Å². The number of hydrogen-bond donors (Lipinski definition) is 1. The molecule has 2 heterocycles. The molecule has 0 saturated carbocycles. The lowest BCUT2D eigenvalue weighted by molar-refractivity contribution is -0.137. The van der Waals surface area contributed by atoms with Gasteiger partial charge in [0.2, 0.25) is 0 Å². The van der Waals surface area contributed by atoms with Gasteiger partial charge in [-0.15, -0.1) is 11.3 Å². The van der Waals surface area contributed by atoms with Gasteiger partial charge < -0.3 is 5.32 Å². The molecule has 0 bridgehead atoms. The topological polar surface area (TPSA) is 24.9 Å². The summed E-state index contributed by atoms with van der Waals surface area (Å²) in [7, 11) is 0. The summed E-state index contributed by atoms with van der Waals surface area (Å²) >= 11 is 0.722. The van der Waals surface area contributed by atoms with Crippen molar-refractivity contribution in [3.8, 4) is 0 Å². The number of thiazole rings is 1. The number of hydrogen-bond acceptors (Lipinski definition) is 3. The molecule has 2 nitrogen and oxygen atoms in total. The van der Waals surface area contributed by atoms with Gasteiger partial charge >= 0.3 is 6.18 Å². The van der Waals surface area contributed by atoms with Gasteiger partial charge in [-0.3, -0.25) is 0 Å². The van der Waals surface area contributed by atoms with Crippen molar-refractivity contribution in [2.45, 2.75) is 25.1 Å². The van der Waals surface area contributed by atoms with Crippen LogP contribution in [0.5, 0.6) is 0 Å². The van der Waals surface area contributed by atoms with Gasteiger partial charge in [-0.05, 0) is 24.5 Å². The average molecular weight is 284 g/mol. The van der Waals surface area contributed by atoms with Gasteiger partial charge in [0.15, 0.2) is 5.01 Å². The van der Waals surface area contributed by atoms with Crippen LogP contribution in [0, 0.1) is 0 Å². The van der Waals surface area contributed by atoms with Gasteiger partial charge in [0.25, 0.3) is 0 Å². The van der Waals surface area contributed by atoms with Crippen molar-refractivity contribution in [2.24, 2.45) is 0 Å². The Hall–Kier alpha value is -1.56. The van der Waals surface area contributed by atoms with E-state index in [0.717, 1.165) is 29.9 Å². The van der Waals surface area contributed by atoms with Crippen molar-refractivity contribution in [3.05, 3.63) is 45.9 Å². The number of rotatable bonds is 1. The lowest BCUT2D eigenvalue weighted by atomic mass is 9.98. The lowest BCUT2D eigenvalue weighted by Crippen LogP contribution is -2.16. The highest BCUT2D eigenvalue weighted by atomic mass is 32.1. The summed E-state index contributed by atoms with van der Waals surface area (Å²) in [6.45, 7) is 0. The zero-order chi connectivity index (χ0) is 13.5. The Morgan fingerprint density at radius 1 is 1.26 bits per heavy atom. The second-order valence-corrected chi connectivity index (χ2v) is 5.52. The Morgan fingerprint density at radius 3 is 2.79 bits per heavy atom. The van der Waals surface area contributed by atoms with Crippen molar-refractivity contribution in [3.63, 3.8) is 0 Å². The highest BCUT2D eigenvalue weighted by molar-refractivity contribution is 7.11. The van der Waals surface area contributed by atoms with Crippen molar-refractivity contribution in [1.82, 2.24) is 4.98 Å². The zero-order valence-electron chi connectivity index (χ0n) is 9.87. The molecule has 0 amide bonds. The molecular weight excluding hydrogens is 273 g/mol. The van der Waals surface area contributed by atoms with Crippen molar-refractivity contribution in [2.75, 3.05) is 5.32 Å². The van der Waals surface area contributed by atoms with E-state index in [2.05, 4.69) is 10.3 Å². The average Bonchev–Trinajstić information content (AvgIpc) is 2.87. The first-order chi connectivity index (χ1) is 9.04. The third kappa shape index (κ3) is 2.45. The molecule has 1 aromatic carbocycles. The van der Waals surface area contributed by atoms with Crippen LogP contribution in [-0.4, -0.2) is 4.98 Å². The largest absolute Gasteiger partial charge is 0.443 e. The highest BCUT2D eigenvalue weighted by Crippen LogP contribution is 2.38. The normalized spacial score (nSPS) is 18.8. The number of halogens is 3. The Kier molecular flexibility index (Phi) is 2.97. The molecule has 3 rings (SSSR count). The lowest BCUT2D eigenvalue weighted by Gasteiger charge is -2.25. The maximum absolute atomic E-state index is 12.5. The molecule has 1 aliphatic rings. The summed E-state index contributed by atoms with van der Waals surface area (Å²) in [5, 5.41) is 2.51. The third-order valence-electron chi connectivity index (χ3n) is 3.16. The minimum Gasteiger partial charge on any atom is -0.377 e. The van der Waals surface area contributed by atoms with Gasteiger partial charge in [-0.2, -0.15) is 13.2 Å². The smallest absolute Gasteiger partial charge is 0.377 e. The molecule has 1 aromatic heterocycles. The quantitative estimate of drug-likeness (QED) is 0.846. The van der Waals surface area contributed by atoms with E-state index < -0.39 is 11.2 Å². The standard InChI is InChI=1S/C13H11F3N2S/c14-13(15,16)12-17-7-11(19-12)10-6-5-8-3-1-2-4-9(8)18-10/h1-4,7,10,18H,5-6H2. The summed E-state index contributed by atoms with van der Waals surface area (Å²) in [6, 6.07) is 7.79. The van der Waals surface area contributed by atoms with E-state index in [1.165, 1.54) is 11.8 Å². The van der Waals surface area contributed by atoms with Crippen LogP contribution in [0.2, 0.25) is 0 Å². The molecular formula is C13H11F3N2S. The summed E-state index contributed by atoms with van der Waals surface area (Å²) in [6.07, 6.45) is -1.36. The molecule has 2 aromatic rings. The van der Waals surface area contributed by atoms with Crippen LogP contribution >= 0.6 is 11.3 Å². The molecule has 1 unspecified atom stereocenters. The molecule has 19 heavy (non-hydrogen) atoms. The first-order valence-corrected chi connectivity index (χ1v) is 6.73. The van der Waals surface area contributed by atoms with E-state index in [4.69, 9.17) is 0 Å². The molecule has 0 saturated heterocycles. The third-order valence-corrected chi connectivity index (χ3v) is 4.31. The van der Waals surface area contributed by atoms with Gasteiger partial charge in [0, 0.05) is 16.8 Å². The summed E-state index contributed by atoms with van der Waals surface area (Å²) in [5.74, 6) is 0. The first kappa shape index (κ1) is 12.5. The van der Waals surface area contributed by atoms with E-state index in [1.807, 2.05) is 24.3 Å². The summed E-state index contributed by atoms with van der Waals surface area (Å²) < 4.78 is 37.6.